The number of hydrogen-bond donors (Lipinski definition) is 2. The Kier molecular flexibility index (Phi) is 7.56. The molecule has 11 nitrogen and oxygen atoms in total. The predicted molar refractivity (Wildman–Crippen MR) is 164 cm³/mol. The van der Waals surface area contributed by atoms with Gasteiger partial charge in [-0.1, -0.05) is 18.2 Å². The highest BCUT2D eigenvalue weighted by Crippen LogP contribution is 2.30. The van der Waals surface area contributed by atoms with Crippen molar-refractivity contribution in [2.24, 2.45) is 0 Å². The number of aromatic nitrogens is 4. The number of ether oxygens (including phenoxy) is 1. The Morgan fingerprint density at radius 1 is 1.05 bits per heavy atom. The molecule has 3 aromatic heterocycles. The fourth-order valence-corrected chi connectivity index (χ4v) is 6.20. The van der Waals surface area contributed by atoms with Crippen LogP contribution >= 0.6 is 0 Å². The molecule has 2 fully saturated rings. The highest BCUT2D eigenvalue weighted by Gasteiger charge is 2.29. The van der Waals surface area contributed by atoms with E-state index >= 15 is 0 Å². The first-order valence-electron chi connectivity index (χ1n) is 14.8. The number of hydrogen-bond acceptors (Lipinski definition) is 8. The third-order valence-electron chi connectivity index (χ3n) is 8.40. The van der Waals surface area contributed by atoms with E-state index in [-0.39, 0.29) is 17.9 Å². The highest BCUT2D eigenvalue weighted by molar-refractivity contribution is 6.03. The van der Waals surface area contributed by atoms with Gasteiger partial charge in [-0.25, -0.2) is 9.97 Å². The molecule has 1 aromatic carbocycles. The molecule has 2 amide bonds. The molecule has 0 spiro atoms. The Bertz CT molecular complexity index is 1660. The van der Waals surface area contributed by atoms with Crippen LogP contribution in [-0.4, -0.2) is 93.5 Å². The molecule has 43 heavy (non-hydrogen) atoms. The molecule has 1 atom stereocenters. The van der Waals surface area contributed by atoms with Crippen LogP contribution in [0.5, 0.6) is 0 Å². The van der Waals surface area contributed by atoms with E-state index in [0.29, 0.717) is 37.7 Å². The second kappa shape index (κ2) is 11.9. The van der Waals surface area contributed by atoms with Crippen LogP contribution in [0.2, 0.25) is 0 Å². The summed E-state index contributed by atoms with van der Waals surface area (Å²) in [5.41, 5.74) is 4.79. The number of carbonyl (C=O) groups is 2. The fourth-order valence-electron chi connectivity index (χ4n) is 6.20. The van der Waals surface area contributed by atoms with Gasteiger partial charge in [0, 0.05) is 62.4 Å². The minimum Gasteiger partial charge on any atom is -0.378 e. The van der Waals surface area contributed by atoms with E-state index in [1.165, 1.54) is 0 Å². The van der Waals surface area contributed by atoms with Crippen LogP contribution < -0.4 is 10.2 Å². The van der Waals surface area contributed by atoms with Gasteiger partial charge >= 0.3 is 0 Å². The molecule has 0 radical (unpaired) electrons. The number of nitrogens with zero attached hydrogens (tertiary/aromatic N) is 6. The van der Waals surface area contributed by atoms with Crippen molar-refractivity contribution in [2.45, 2.75) is 25.4 Å². The number of rotatable bonds is 7. The molecule has 2 N–H and O–H groups in total. The van der Waals surface area contributed by atoms with Crippen LogP contribution in [0.3, 0.4) is 0 Å². The van der Waals surface area contributed by atoms with Gasteiger partial charge in [-0.2, -0.15) is 0 Å². The van der Waals surface area contributed by atoms with Gasteiger partial charge in [0.1, 0.15) is 23.5 Å². The van der Waals surface area contributed by atoms with Crippen molar-refractivity contribution in [2.75, 3.05) is 56.2 Å². The van der Waals surface area contributed by atoms with Gasteiger partial charge < -0.3 is 24.8 Å². The molecule has 220 valence electrons. The number of aromatic amines is 1. The number of pyridine rings is 1. The number of carbonyl (C=O) groups excluding carboxylic acids is 2. The van der Waals surface area contributed by atoms with Crippen molar-refractivity contribution in [1.29, 1.82) is 0 Å². The SMILES string of the molecule is O=C(Nc1ccc(-c2cc3c(N4CCOCC4)ncnc3[nH]2)cc1)c1cc(CN2CCC[C@@H](N3CC=CC3=O)C2)ccn1. The third kappa shape index (κ3) is 5.86. The van der Waals surface area contributed by atoms with Crippen molar-refractivity contribution in [3.05, 3.63) is 78.4 Å². The second-order valence-corrected chi connectivity index (χ2v) is 11.2. The monoisotopic (exact) mass is 578 g/mol. The zero-order chi connectivity index (χ0) is 29.2. The number of anilines is 2. The van der Waals surface area contributed by atoms with Crippen LogP contribution in [-0.2, 0) is 16.1 Å². The van der Waals surface area contributed by atoms with Gasteiger partial charge in [-0.15, -0.1) is 0 Å². The molecule has 11 heteroatoms. The van der Waals surface area contributed by atoms with E-state index in [1.54, 1.807) is 18.6 Å². The minimum atomic E-state index is -0.254. The van der Waals surface area contributed by atoms with Crippen LogP contribution in [0, 0.1) is 0 Å². The summed E-state index contributed by atoms with van der Waals surface area (Å²) in [5.74, 6) is 0.765. The number of benzene rings is 1. The van der Waals surface area contributed by atoms with E-state index in [0.717, 1.165) is 72.7 Å². The molecule has 0 bridgehead atoms. The number of fused-ring (bicyclic) bond motifs is 1. The van der Waals surface area contributed by atoms with E-state index in [4.69, 9.17) is 4.74 Å². The molecule has 6 heterocycles. The maximum absolute atomic E-state index is 13.1. The van der Waals surface area contributed by atoms with E-state index in [2.05, 4.69) is 41.1 Å². The maximum atomic E-state index is 13.1. The van der Waals surface area contributed by atoms with Crippen molar-refractivity contribution in [3.8, 4) is 11.3 Å². The Morgan fingerprint density at radius 3 is 2.72 bits per heavy atom. The van der Waals surface area contributed by atoms with Crippen molar-refractivity contribution in [1.82, 2.24) is 29.7 Å². The summed E-state index contributed by atoms with van der Waals surface area (Å²) < 4.78 is 5.49. The Morgan fingerprint density at radius 2 is 1.91 bits per heavy atom. The lowest BCUT2D eigenvalue weighted by Gasteiger charge is -2.37. The first kappa shape index (κ1) is 27.2. The highest BCUT2D eigenvalue weighted by atomic mass is 16.5. The van der Waals surface area contributed by atoms with Gasteiger partial charge in [-0.3, -0.25) is 19.5 Å². The summed E-state index contributed by atoms with van der Waals surface area (Å²) in [4.78, 5) is 48.5. The molecule has 0 unspecified atom stereocenters. The van der Waals surface area contributed by atoms with E-state index in [9.17, 15) is 9.59 Å². The van der Waals surface area contributed by atoms with Crippen molar-refractivity contribution in [3.63, 3.8) is 0 Å². The van der Waals surface area contributed by atoms with Crippen molar-refractivity contribution >= 4 is 34.4 Å². The van der Waals surface area contributed by atoms with Crippen molar-refractivity contribution < 1.29 is 14.3 Å². The normalized spacial score (nSPS) is 19.3. The smallest absolute Gasteiger partial charge is 0.274 e. The number of piperidine rings is 1. The Hall–Kier alpha value is -4.61. The lowest BCUT2D eigenvalue weighted by atomic mass is 10.0. The van der Waals surface area contributed by atoms with Crippen LogP contribution in [0.1, 0.15) is 28.9 Å². The first-order valence-corrected chi connectivity index (χ1v) is 14.8. The maximum Gasteiger partial charge on any atom is 0.274 e. The molecule has 7 rings (SSSR count). The second-order valence-electron chi connectivity index (χ2n) is 11.2. The average molecular weight is 579 g/mol. The largest absolute Gasteiger partial charge is 0.378 e. The summed E-state index contributed by atoms with van der Waals surface area (Å²) >= 11 is 0. The zero-order valence-corrected chi connectivity index (χ0v) is 23.9. The molecule has 0 saturated carbocycles. The van der Waals surface area contributed by atoms with Crippen LogP contribution in [0.4, 0.5) is 11.5 Å². The van der Waals surface area contributed by atoms with Crippen LogP contribution in [0.15, 0.2) is 67.1 Å². The quantitative estimate of drug-likeness (QED) is 0.342. The van der Waals surface area contributed by atoms with E-state index in [1.807, 2.05) is 47.4 Å². The summed E-state index contributed by atoms with van der Waals surface area (Å²) in [5, 5.41) is 3.95. The minimum absolute atomic E-state index is 0.108. The van der Waals surface area contributed by atoms with Gasteiger partial charge in [0.05, 0.1) is 18.6 Å². The molecule has 3 aliphatic rings. The Labute approximate surface area is 249 Å². The third-order valence-corrected chi connectivity index (χ3v) is 8.40. The summed E-state index contributed by atoms with van der Waals surface area (Å²) in [7, 11) is 0. The number of nitrogens with one attached hydrogen (secondary N) is 2. The van der Waals surface area contributed by atoms with Gasteiger partial charge in [0.15, 0.2) is 0 Å². The van der Waals surface area contributed by atoms with Crippen LogP contribution in [0.25, 0.3) is 22.3 Å². The summed E-state index contributed by atoms with van der Waals surface area (Å²) in [6, 6.07) is 13.8. The lowest BCUT2D eigenvalue weighted by Crippen LogP contribution is -2.48. The summed E-state index contributed by atoms with van der Waals surface area (Å²) in [6.45, 7) is 6.20. The van der Waals surface area contributed by atoms with Gasteiger partial charge in [0.25, 0.3) is 5.91 Å². The predicted octanol–water partition coefficient (Wildman–Crippen LogP) is 3.47. The molecule has 4 aromatic rings. The molecule has 0 aliphatic carbocycles. The number of morpholine rings is 1. The zero-order valence-electron chi connectivity index (χ0n) is 23.9. The molecule has 2 saturated heterocycles. The lowest BCUT2D eigenvalue weighted by molar-refractivity contribution is -0.127. The van der Waals surface area contributed by atoms with Gasteiger partial charge in [-0.05, 0) is 60.8 Å². The standard InChI is InChI=1S/C32H34N8O3/c41-29-4-2-12-40(29)25-3-1-11-38(20-25)19-22-9-10-33-28(17-22)32(42)36-24-7-5-23(6-8-24)27-18-26-30(37-27)34-21-35-31(26)39-13-15-43-16-14-39/h2,4-10,17-18,21,25H,1,3,11-16,19-20H2,(H,36,42)(H,34,35,37)/t25-/m1/s1. The molecular formula is C32H34N8O3. The Balaban J connectivity index is 0.998. The first-order chi connectivity index (χ1) is 21.1. The summed E-state index contributed by atoms with van der Waals surface area (Å²) in [6.07, 6.45) is 8.95. The number of H-pyrrole nitrogens is 1. The average Bonchev–Trinajstić information content (AvgIpc) is 3.68. The fraction of sp³-hybridized carbons (Fsp3) is 0.344. The molecular weight excluding hydrogens is 544 g/mol. The van der Waals surface area contributed by atoms with E-state index < -0.39 is 0 Å². The molecule has 3 aliphatic heterocycles. The van der Waals surface area contributed by atoms with Gasteiger partial charge in [0.2, 0.25) is 5.91 Å². The topological polar surface area (TPSA) is 120 Å². The number of likely N-dealkylation sites (tertiary alicyclic amines) is 1. The number of amides is 2.